The van der Waals surface area contributed by atoms with E-state index in [-0.39, 0.29) is 18.1 Å². The molecule has 1 aliphatic carbocycles. The van der Waals surface area contributed by atoms with Gasteiger partial charge in [-0.2, -0.15) is 0 Å². The molecule has 0 aromatic heterocycles. The predicted molar refractivity (Wildman–Crippen MR) is 64.2 cm³/mol. The highest BCUT2D eigenvalue weighted by atomic mass is 16.4. The number of carboxylic acids is 1. The van der Waals surface area contributed by atoms with Crippen LogP contribution in [0.1, 0.15) is 40.7 Å². The highest BCUT2D eigenvalue weighted by molar-refractivity contribution is 6.00. The van der Waals surface area contributed by atoms with Crippen molar-refractivity contribution >= 4 is 11.8 Å². The molecular weight excluding hydrogens is 216 g/mol. The molecule has 1 aromatic carbocycles. The van der Waals surface area contributed by atoms with E-state index in [9.17, 15) is 9.59 Å². The molecule has 0 amide bonds. The Kier molecular flexibility index (Phi) is 3.27. The summed E-state index contributed by atoms with van der Waals surface area (Å²) < 4.78 is 0. The third-order valence-corrected chi connectivity index (χ3v) is 3.37. The fourth-order valence-corrected chi connectivity index (χ4v) is 2.39. The second kappa shape index (κ2) is 4.70. The van der Waals surface area contributed by atoms with Crippen LogP contribution in [0.4, 0.5) is 0 Å². The van der Waals surface area contributed by atoms with Crippen LogP contribution >= 0.6 is 0 Å². The topological polar surface area (TPSA) is 54.4 Å². The molecule has 1 aromatic rings. The molecule has 0 saturated carbocycles. The van der Waals surface area contributed by atoms with Crippen molar-refractivity contribution in [1.29, 1.82) is 0 Å². The van der Waals surface area contributed by atoms with E-state index < -0.39 is 5.97 Å². The van der Waals surface area contributed by atoms with E-state index in [4.69, 9.17) is 5.11 Å². The maximum absolute atomic E-state index is 12.2. The van der Waals surface area contributed by atoms with Gasteiger partial charge in [0.05, 0.1) is 0 Å². The number of rotatable bonds is 3. The number of aliphatic carboxylic acids is 1. The fourth-order valence-electron chi connectivity index (χ4n) is 2.39. The smallest absolute Gasteiger partial charge is 0.303 e. The van der Waals surface area contributed by atoms with Gasteiger partial charge >= 0.3 is 5.97 Å². The van der Waals surface area contributed by atoms with Crippen molar-refractivity contribution in [2.75, 3.05) is 0 Å². The van der Waals surface area contributed by atoms with Gasteiger partial charge in [0, 0.05) is 17.9 Å². The molecule has 0 radical (unpaired) electrons. The summed E-state index contributed by atoms with van der Waals surface area (Å²) in [6.45, 7) is 1.97. The molecule has 0 spiro atoms. The number of hydrogen-bond donors (Lipinski definition) is 1. The van der Waals surface area contributed by atoms with Gasteiger partial charge in [0.1, 0.15) is 0 Å². The Labute approximate surface area is 100 Å². The van der Waals surface area contributed by atoms with Gasteiger partial charge in [0.15, 0.2) is 5.78 Å². The molecule has 0 fully saturated rings. The maximum atomic E-state index is 12.2. The molecule has 0 saturated heterocycles. The average molecular weight is 232 g/mol. The molecule has 1 aliphatic rings. The number of Topliss-reactive ketones (excluding diaryl/α,β-unsaturated/α-hetero) is 1. The van der Waals surface area contributed by atoms with E-state index in [1.807, 2.05) is 25.1 Å². The number of carbonyl (C=O) groups excluding carboxylic acids is 1. The Morgan fingerprint density at radius 2 is 2.24 bits per heavy atom. The third kappa shape index (κ3) is 2.54. The van der Waals surface area contributed by atoms with Gasteiger partial charge in [-0.05, 0) is 37.8 Å². The van der Waals surface area contributed by atoms with Crippen molar-refractivity contribution in [2.45, 2.75) is 32.6 Å². The van der Waals surface area contributed by atoms with Gasteiger partial charge in [0.2, 0.25) is 0 Å². The zero-order valence-electron chi connectivity index (χ0n) is 9.90. The van der Waals surface area contributed by atoms with Gasteiger partial charge in [-0.15, -0.1) is 0 Å². The third-order valence-electron chi connectivity index (χ3n) is 3.37. The molecule has 0 bridgehead atoms. The lowest BCUT2D eigenvalue weighted by Gasteiger charge is -2.23. The molecule has 1 N–H and O–H groups in total. The predicted octanol–water partition coefficient (Wildman–Crippen LogP) is 2.60. The lowest BCUT2D eigenvalue weighted by molar-refractivity contribution is -0.137. The molecule has 1 atom stereocenters. The van der Waals surface area contributed by atoms with E-state index in [1.165, 1.54) is 0 Å². The minimum atomic E-state index is -0.826. The largest absolute Gasteiger partial charge is 0.481 e. The van der Waals surface area contributed by atoms with E-state index in [0.29, 0.717) is 6.42 Å². The Hall–Kier alpha value is -1.64. The number of carboxylic acid groups (broad SMARTS) is 1. The van der Waals surface area contributed by atoms with E-state index in [0.717, 1.165) is 29.5 Å². The molecule has 0 aliphatic heterocycles. The number of ketones is 1. The molecular formula is C14H16O3. The molecule has 3 heteroatoms. The first-order chi connectivity index (χ1) is 8.08. The highest BCUT2D eigenvalue weighted by Gasteiger charge is 2.27. The summed E-state index contributed by atoms with van der Waals surface area (Å²) in [5, 5.41) is 8.66. The van der Waals surface area contributed by atoms with Crippen LogP contribution in [0.25, 0.3) is 0 Å². The van der Waals surface area contributed by atoms with Crippen LogP contribution in [0, 0.1) is 12.8 Å². The van der Waals surface area contributed by atoms with Crippen molar-refractivity contribution in [3.05, 3.63) is 34.9 Å². The van der Waals surface area contributed by atoms with Crippen LogP contribution < -0.4 is 0 Å². The van der Waals surface area contributed by atoms with Crippen molar-refractivity contribution in [3.63, 3.8) is 0 Å². The number of benzene rings is 1. The van der Waals surface area contributed by atoms with Gasteiger partial charge in [-0.3, -0.25) is 9.59 Å². The summed E-state index contributed by atoms with van der Waals surface area (Å²) in [6, 6.07) is 5.95. The van der Waals surface area contributed by atoms with Crippen molar-refractivity contribution in [2.24, 2.45) is 5.92 Å². The van der Waals surface area contributed by atoms with Crippen LogP contribution in [0.5, 0.6) is 0 Å². The average Bonchev–Trinajstić information content (AvgIpc) is 2.29. The summed E-state index contributed by atoms with van der Waals surface area (Å²) in [5.74, 6) is -0.815. The SMILES string of the molecule is Cc1ccc2c(c1)C(=O)C(CCC(=O)O)CC2. The van der Waals surface area contributed by atoms with Gasteiger partial charge in [-0.25, -0.2) is 0 Å². The number of aryl methyl sites for hydroxylation is 2. The molecule has 0 heterocycles. The normalized spacial score (nSPS) is 18.9. The van der Waals surface area contributed by atoms with Crippen molar-refractivity contribution in [1.82, 2.24) is 0 Å². The quantitative estimate of drug-likeness (QED) is 0.871. The van der Waals surface area contributed by atoms with Gasteiger partial charge < -0.3 is 5.11 Å². The Morgan fingerprint density at radius 3 is 2.94 bits per heavy atom. The Balaban J connectivity index is 2.17. The second-order valence-electron chi connectivity index (χ2n) is 4.69. The summed E-state index contributed by atoms with van der Waals surface area (Å²) in [4.78, 5) is 22.7. The lowest BCUT2D eigenvalue weighted by atomic mass is 9.80. The Morgan fingerprint density at radius 1 is 1.47 bits per heavy atom. The van der Waals surface area contributed by atoms with Crippen molar-refractivity contribution < 1.29 is 14.7 Å². The maximum Gasteiger partial charge on any atom is 0.303 e. The van der Waals surface area contributed by atoms with Crippen LogP contribution in [-0.4, -0.2) is 16.9 Å². The summed E-state index contributed by atoms with van der Waals surface area (Å²) in [5.41, 5.74) is 2.98. The van der Waals surface area contributed by atoms with Crippen LogP contribution in [0.2, 0.25) is 0 Å². The van der Waals surface area contributed by atoms with Gasteiger partial charge in [-0.1, -0.05) is 17.7 Å². The number of fused-ring (bicyclic) bond motifs is 1. The standard InChI is InChI=1S/C14H16O3/c1-9-2-3-10-4-5-11(6-7-13(15)16)14(17)12(10)8-9/h2-3,8,11H,4-7H2,1H3,(H,15,16). The van der Waals surface area contributed by atoms with Crippen LogP contribution in [-0.2, 0) is 11.2 Å². The number of carbonyl (C=O) groups is 2. The minimum Gasteiger partial charge on any atom is -0.481 e. The lowest BCUT2D eigenvalue weighted by Crippen LogP contribution is -2.23. The molecule has 90 valence electrons. The highest BCUT2D eigenvalue weighted by Crippen LogP contribution is 2.29. The fraction of sp³-hybridized carbons (Fsp3) is 0.429. The second-order valence-corrected chi connectivity index (χ2v) is 4.69. The first kappa shape index (κ1) is 11.8. The summed E-state index contributed by atoms with van der Waals surface area (Å²) >= 11 is 0. The summed E-state index contributed by atoms with van der Waals surface area (Å²) in [6.07, 6.45) is 2.20. The zero-order chi connectivity index (χ0) is 12.4. The number of hydrogen-bond acceptors (Lipinski definition) is 2. The molecule has 2 rings (SSSR count). The monoisotopic (exact) mass is 232 g/mol. The van der Waals surface area contributed by atoms with E-state index in [2.05, 4.69) is 0 Å². The van der Waals surface area contributed by atoms with E-state index >= 15 is 0 Å². The van der Waals surface area contributed by atoms with Crippen LogP contribution in [0.3, 0.4) is 0 Å². The van der Waals surface area contributed by atoms with Gasteiger partial charge in [0.25, 0.3) is 0 Å². The van der Waals surface area contributed by atoms with E-state index in [1.54, 1.807) is 0 Å². The zero-order valence-corrected chi connectivity index (χ0v) is 9.90. The summed E-state index contributed by atoms with van der Waals surface area (Å²) in [7, 11) is 0. The minimum absolute atomic E-state index is 0.0809. The molecule has 17 heavy (non-hydrogen) atoms. The first-order valence-electron chi connectivity index (χ1n) is 5.93. The molecule has 3 nitrogen and oxygen atoms in total. The van der Waals surface area contributed by atoms with Crippen molar-refractivity contribution in [3.8, 4) is 0 Å². The van der Waals surface area contributed by atoms with Crippen LogP contribution in [0.15, 0.2) is 18.2 Å². The molecule has 1 unspecified atom stereocenters. The first-order valence-corrected chi connectivity index (χ1v) is 5.93. The Bertz CT molecular complexity index is 463.